The second-order valence-corrected chi connectivity index (χ2v) is 5.33. The summed E-state index contributed by atoms with van der Waals surface area (Å²) in [6.07, 6.45) is 0. The third kappa shape index (κ3) is 2.81. The Kier molecular flexibility index (Phi) is 4.35. The molecule has 1 N–H and O–H groups in total. The van der Waals surface area contributed by atoms with Crippen molar-refractivity contribution in [2.75, 3.05) is 7.05 Å². The quantitative estimate of drug-likeness (QED) is 0.933. The number of hydrogen-bond donors (Lipinski definition) is 1. The summed E-state index contributed by atoms with van der Waals surface area (Å²) in [4.78, 5) is 0. The molecule has 0 saturated heterocycles. The summed E-state index contributed by atoms with van der Waals surface area (Å²) < 4.78 is 7.73. The molecule has 0 fully saturated rings. The van der Waals surface area contributed by atoms with E-state index < -0.39 is 0 Å². The van der Waals surface area contributed by atoms with Crippen LogP contribution >= 0.6 is 11.6 Å². The zero-order valence-electron chi connectivity index (χ0n) is 12.5. The summed E-state index contributed by atoms with van der Waals surface area (Å²) in [5, 5.41) is 8.12. The molecule has 2 aromatic rings. The highest BCUT2D eigenvalue weighted by molar-refractivity contribution is 6.32. The molecular weight excluding hydrogens is 274 g/mol. The van der Waals surface area contributed by atoms with Gasteiger partial charge in [-0.3, -0.25) is 4.68 Å². The molecule has 1 aromatic heterocycles. The first-order chi connectivity index (χ1) is 9.43. The molecule has 5 heteroatoms. The molecule has 1 aromatic carbocycles. The van der Waals surface area contributed by atoms with Crippen molar-refractivity contribution < 1.29 is 4.74 Å². The Morgan fingerprint density at radius 3 is 2.55 bits per heavy atom. The van der Waals surface area contributed by atoms with Gasteiger partial charge in [-0.1, -0.05) is 17.7 Å². The van der Waals surface area contributed by atoms with E-state index in [4.69, 9.17) is 16.3 Å². The second kappa shape index (κ2) is 5.85. The molecule has 0 amide bonds. The molecule has 20 heavy (non-hydrogen) atoms. The predicted molar refractivity (Wildman–Crippen MR) is 81.7 cm³/mol. The van der Waals surface area contributed by atoms with Crippen LogP contribution in [0.2, 0.25) is 5.02 Å². The summed E-state index contributed by atoms with van der Waals surface area (Å²) in [5.41, 5.74) is 2.96. The summed E-state index contributed by atoms with van der Waals surface area (Å²) in [6.45, 7) is 5.98. The van der Waals surface area contributed by atoms with Crippen molar-refractivity contribution in [3.8, 4) is 11.5 Å². The predicted octanol–water partition coefficient (Wildman–Crippen LogP) is 3.76. The van der Waals surface area contributed by atoms with E-state index in [1.54, 1.807) is 4.68 Å². The van der Waals surface area contributed by atoms with Crippen LogP contribution in [0.3, 0.4) is 0 Å². The van der Waals surface area contributed by atoms with Crippen LogP contribution in [0.4, 0.5) is 0 Å². The van der Waals surface area contributed by atoms with Crippen LogP contribution in [0, 0.1) is 13.8 Å². The van der Waals surface area contributed by atoms with Crippen molar-refractivity contribution in [3.05, 3.63) is 40.2 Å². The van der Waals surface area contributed by atoms with E-state index in [0.29, 0.717) is 10.8 Å². The van der Waals surface area contributed by atoms with E-state index in [2.05, 4.69) is 17.3 Å². The lowest BCUT2D eigenvalue weighted by molar-refractivity contribution is 0.474. The molecule has 108 valence electrons. The normalized spacial score (nSPS) is 12.5. The van der Waals surface area contributed by atoms with Gasteiger partial charge in [-0.25, -0.2) is 0 Å². The Balaban J connectivity index is 2.30. The van der Waals surface area contributed by atoms with E-state index in [1.807, 2.05) is 46.1 Å². The highest BCUT2D eigenvalue weighted by Gasteiger charge is 2.14. The standard InChI is InChI=1S/C15H20ClN3O/c1-9(17-4)12-6-7-14(13(16)8-12)20-15-10(2)18-19(5)11(15)3/h6-9,17H,1-5H3. The SMILES string of the molecule is CNC(C)c1ccc(Oc2c(C)nn(C)c2C)c(Cl)c1. The van der Waals surface area contributed by atoms with E-state index >= 15 is 0 Å². The fourth-order valence-corrected chi connectivity index (χ4v) is 2.28. The van der Waals surface area contributed by atoms with Crippen LogP contribution in [0.1, 0.15) is 29.9 Å². The van der Waals surface area contributed by atoms with E-state index in [1.165, 1.54) is 0 Å². The maximum Gasteiger partial charge on any atom is 0.171 e. The minimum absolute atomic E-state index is 0.253. The van der Waals surface area contributed by atoms with Gasteiger partial charge in [0.1, 0.15) is 11.4 Å². The largest absolute Gasteiger partial charge is 0.452 e. The topological polar surface area (TPSA) is 39.1 Å². The summed E-state index contributed by atoms with van der Waals surface area (Å²) in [7, 11) is 3.82. The van der Waals surface area contributed by atoms with Crippen LogP contribution in [0.5, 0.6) is 11.5 Å². The van der Waals surface area contributed by atoms with Gasteiger partial charge in [-0.2, -0.15) is 5.10 Å². The highest BCUT2D eigenvalue weighted by atomic mass is 35.5. The van der Waals surface area contributed by atoms with Crippen molar-refractivity contribution in [2.45, 2.75) is 26.8 Å². The molecular formula is C15H20ClN3O. The molecule has 1 unspecified atom stereocenters. The number of ether oxygens (including phenoxy) is 1. The first-order valence-electron chi connectivity index (χ1n) is 6.58. The number of benzene rings is 1. The van der Waals surface area contributed by atoms with Crippen molar-refractivity contribution in [2.24, 2.45) is 7.05 Å². The van der Waals surface area contributed by atoms with Crippen LogP contribution in [-0.2, 0) is 7.05 Å². The maximum absolute atomic E-state index is 6.31. The van der Waals surface area contributed by atoms with Crippen LogP contribution in [-0.4, -0.2) is 16.8 Å². The minimum Gasteiger partial charge on any atom is -0.452 e. The van der Waals surface area contributed by atoms with Gasteiger partial charge < -0.3 is 10.1 Å². The number of halogens is 1. The van der Waals surface area contributed by atoms with Crippen molar-refractivity contribution in [1.82, 2.24) is 15.1 Å². The fourth-order valence-electron chi connectivity index (χ4n) is 2.05. The molecule has 0 aliphatic heterocycles. The molecule has 1 heterocycles. The molecule has 1 atom stereocenters. The maximum atomic E-state index is 6.31. The smallest absolute Gasteiger partial charge is 0.171 e. The monoisotopic (exact) mass is 293 g/mol. The van der Waals surface area contributed by atoms with Gasteiger partial charge in [0.05, 0.1) is 10.7 Å². The molecule has 0 aliphatic carbocycles. The van der Waals surface area contributed by atoms with E-state index in [9.17, 15) is 0 Å². The summed E-state index contributed by atoms with van der Waals surface area (Å²) in [5.74, 6) is 1.42. The summed E-state index contributed by atoms with van der Waals surface area (Å²) in [6, 6.07) is 6.10. The number of hydrogen-bond acceptors (Lipinski definition) is 3. The van der Waals surface area contributed by atoms with Crippen molar-refractivity contribution in [3.63, 3.8) is 0 Å². The van der Waals surface area contributed by atoms with E-state index in [-0.39, 0.29) is 6.04 Å². The number of aromatic nitrogens is 2. The average Bonchev–Trinajstić information content (AvgIpc) is 2.66. The van der Waals surface area contributed by atoms with E-state index in [0.717, 1.165) is 22.7 Å². The highest BCUT2D eigenvalue weighted by Crippen LogP contribution is 2.34. The molecule has 0 saturated carbocycles. The van der Waals surface area contributed by atoms with Crippen LogP contribution in [0.25, 0.3) is 0 Å². The molecule has 0 aliphatic rings. The Morgan fingerprint density at radius 1 is 1.35 bits per heavy atom. The first-order valence-corrected chi connectivity index (χ1v) is 6.96. The lowest BCUT2D eigenvalue weighted by Crippen LogP contribution is -2.12. The van der Waals surface area contributed by atoms with Crippen LogP contribution in [0.15, 0.2) is 18.2 Å². The van der Waals surface area contributed by atoms with Crippen molar-refractivity contribution >= 4 is 11.6 Å². The van der Waals surface area contributed by atoms with Gasteiger partial charge in [0, 0.05) is 13.1 Å². The zero-order valence-corrected chi connectivity index (χ0v) is 13.2. The lowest BCUT2D eigenvalue weighted by atomic mass is 10.1. The van der Waals surface area contributed by atoms with Gasteiger partial charge in [0.25, 0.3) is 0 Å². The van der Waals surface area contributed by atoms with Gasteiger partial charge in [0.15, 0.2) is 5.75 Å². The third-order valence-corrected chi connectivity index (χ3v) is 3.84. The van der Waals surface area contributed by atoms with Gasteiger partial charge in [0.2, 0.25) is 0 Å². The minimum atomic E-state index is 0.253. The van der Waals surface area contributed by atoms with Gasteiger partial charge >= 0.3 is 0 Å². The van der Waals surface area contributed by atoms with Gasteiger partial charge in [-0.05, 0) is 45.5 Å². The second-order valence-electron chi connectivity index (χ2n) is 4.93. The molecule has 0 spiro atoms. The van der Waals surface area contributed by atoms with Crippen molar-refractivity contribution in [1.29, 1.82) is 0 Å². The van der Waals surface area contributed by atoms with Gasteiger partial charge in [-0.15, -0.1) is 0 Å². The Morgan fingerprint density at radius 2 is 2.05 bits per heavy atom. The molecule has 0 bridgehead atoms. The number of nitrogens with zero attached hydrogens (tertiary/aromatic N) is 2. The Hall–Kier alpha value is -1.52. The fraction of sp³-hybridized carbons (Fsp3) is 0.400. The molecule has 0 radical (unpaired) electrons. The number of rotatable bonds is 4. The van der Waals surface area contributed by atoms with Crippen LogP contribution < -0.4 is 10.1 Å². The number of nitrogens with one attached hydrogen (secondary N) is 1. The lowest BCUT2D eigenvalue weighted by Gasteiger charge is -2.13. The zero-order chi connectivity index (χ0) is 14.9. The number of aryl methyl sites for hydroxylation is 2. The summed E-state index contributed by atoms with van der Waals surface area (Å²) >= 11 is 6.31. The Bertz CT molecular complexity index is 622. The molecule has 2 rings (SSSR count). The molecule has 4 nitrogen and oxygen atoms in total. The first kappa shape index (κ1) is 14.9. The third-order valence-electron chi connectivity index (χ3n) is 3.54. The average molecular weight is 294 g/mol. The Labute approximate surface area is 124 Å².